The molecule has 0 unspecified atom stereocenters. The van der Waals surface area contributed by atoms with Gasteiger partial charge in [-0.3, -0.25) is 0 Å². The number of rotatable bonds is 1. The van der Waals surface area contributed by atoms with Crippen LogP contribution in [0.2, 0.25) is 0 Å². The first-order chi connectivity index (χ1) is 4.97. The smallest absolute Gasteiger partial charge is 1.00 e. The molecule has 2 heterocycles. The molecule has 1 aliphatic heterocycles. The molecule has 56 valence electrons. The van der Waals surface area contributed by atoms with E-state index in [1.54, 1.807) is 0 Å². The third-order valence-corrected chi connectivity index (χ3v) is 1.73. The SMILES string of the molecule is C1CN[C@@H](c2nn[nH]n2)C1.[H-].[K+]. The van der Waals surface area contributed by atoms with Crippen LogP contribution < -0.4 is 56.7 Å². The molecule has 0 aromatic carbocycles. The quantitative estimate of drug-likeness (QED) is 0.444. The van der Waals surface area contributed by atoms with E-state index in [2.05, 4.69) is 25.9 Å². The molecule has 6 heteroatoms. The third-order valence-electron chi connectivity index (χ3n) is 1.73. The maximum absolute atomic E-state index is 3.89. The van der Waals surface area contributed by atoms with Crippen molar-refractivity contribution in [3.05, 3.63) is 5.82 Å². The number of aromatic amines is 1. The van der Waals surface area contributed by atoms with Gasteiger partial charge in [0.15, 0.2) is 5.82 Å². The molecule has 2 rings (SSSR count). The van der Waals surface area contributed by atoms with Crippen molar-refractivity contribution >= 4 is 0 Å². The van der Waals surface area contributed by atoms with Gasteiger partial charge in [-0.05, 0) is 19.4 Å². The van der Waals surface area contributed by atoms with Crippen LogP contribution in [-0.4, -0.2) is 27.2 Å². The van der Waals surface area contributed by atoms with Crippen molar-refractivity contribution in [3.8, 4) is 0 Å². The summed E-state index contributed by atoms with van der Waals surface area (Å²) in [5.74, 6) is 0.789. The Morgan fingerprint density at radius 3 is 3.00 bits per heavy atom. The molecule has 0 radical (unpaired) electrons. The first kappa shape index (κ1) is 9.75. The second-order valence-electron chi connectivity index (χ2n) is 2.42. The van der Waals surface area contributed by atoms with E-state index in [0.717, 1.165) is 18.8 Å². The number of H-pyrrole nitrogens is 1. The van der Waals surface area contributed by atoms with Crippen LogP contribution in [0.1, 0.15) is 26.1 Å². The van der Waals surface area contributed by atoms with E-state index in [1.165, 1.54) is 6.42 Å². The molecule has 0 aliphatic carbocycles. The zero-order valence-corrected chi connectivity index (χ0v) is 9.66. The minimum Gasteiger partial charge on any atom is -1.00 e. The molecule has 1 fully saturated rings. The molecular weight excluding hydrogens is 169 g/mol. The third kappa shape index (κ3) is 2.30. The molecule has 2 N–H and O–H groups in total. The summed E-state index contributed by atoms with van der Waals surface area (Å²) >= 11 is 0. The Hall–Kier alpha value is 0.666. The molecular formula is C5H10KN5. The summed E-state index contributed by atoms with van der Waals surface area (Å²) < 4.78 is 0. The standard InChI is InChI=1S/C5H9N5.K.H/c1-2-4(6-3-1)5-7-9-10-8-5;;/h4,6H,1-3H2,(H,7,8,9,10);;/q;+1;-1/t4-;;/m1../s1. The van der Waals surface area contributed by atoms with Crippen molar-refractivity contribution in [2.45, 2.75) is 18.9 Å². The van der Waals surface area contributed by atoms with Gasteiger partial charge in [0.25, 0.3) is 0 Å². The average Bonchev–Trinajstić information content (AvgIpc) is 2.59. The first-order valence-corrected chi connectivity index (χ1v) is 3.43. The van der Waals surface area contributed by atoms with Gasteiger partial charge in [0, 0.05) is 0 Å². The van der Waals surface area contributed by atoms with Crippen LogP contribution in [0.15, 0.2) is 0 Å². The van der Waals surface area contributed by atoms with E-state index in [0.29, 0.717) is 6.04 Å². The van der Waals surface area contributed by atoms with Gasteiger partial charge in [0.2, 0.25) is 0 Å². The summed E-state index contributed by atoms with van der Waals surface area (Å²) in [5.41, 5.74) is 0. The van der Waals surface area contributed by atoms with Crippen molar-refractivity contribution in [1.29, 1.82) is 0 Å². The fourth-order valence-corrected chi connectivity index (χ4v) is 1.22. The summed E-state index contributed by atoms with van der Waals surface area (Å²) in [6, 6.07) is 0.332. The first-order valence-electron chi connectivity index (χ1n) is 3.43. The number of aromatic nitrogens is 4. The molecule has 1 aliphatic rings. The Labute approximate surface area is 109 Å². The van der Waals surface area contributed by atoms with Crippen LogP contribution in [0.5, 0.6) is 0 Å². The summed E-state index contributed by atoms with van der Waals surface area (Å²) in [6.07, 6.45) is 2.33. The summed E-state index contributed by atoms with van der Waals surface area (Å²) in [7, 11) is 0. The molecule has 5 nitrogen and oxygen atoms in total. The monoisotopic (exact) mass is 179 g/mol. The van der Waals surface area contributed by atoms with Crippen molar-refractivity contribution in [1.82, 2.24) is 25.9 Å². The summed E-state index contributed by atoms with van der Waals surface area (Å²) in [4.78, 5) is 0. The maximum atomic E-state index is 3.89. The van der Waals surface area contributed by atoms with Gasteiger partial charge in [-0.15, -0.1) is 10.2 Å². The second-order valence-corrected chi connectivity index (χ2v) is 2.42. The van der Waals surface area contributed by atoms with Crippen LogP contribution in [0.3, 0.4) is 0 Å². The fraction of sp³-hybridized carbons (Fsp3) is 0.800. The van der Waals surface area contributed by atoms with Crippen molar-refractivity contribution in [3.63, 3.8) is 0 Å². The molecule has 1 saturated heterocycles. The molecule has 0 spiro atoms. The topological polar surface area (TPSA) is 66.5 Å². The minimum absolute atomic E-state index is 0. The number of hydrogen-bond acceptors (Lipinski definition) is 4. The Bertz CT molecular complexity index is 198. The van der Waals surface area contributed by atoms with Crippen LogP contribution in [-0.2, 0) is 0 Å². The Balaban J connectivity index is 0.000000605. The summed E-state index contributed by atoms with van der Waals surface area (Å²) in [6.45, 7) is 1.07. The van der Waals surface area contributed by atoms with Gasteiger partial charge < -0.3 is 6.74 Å². The van der Waals surface area contributed by atoms with E-state index in [-0.39, 0.29) is 52.8 Å². The number of hydrogen-bond donors (Lipinski definition) is 2. The van der Waals surface area contributed by atoms with Crippen LogP contribution in [0.25, 0.3) is 0 Å². The molecule has 11 heavy (non-hydrogen) atoms. The van der Waals surface area contributed by atoms with Crippen LogP contribution >= 0.6 is 0 Å². The molecule has 0 saturated carbocycles. The predicted molar refractivity (Wildman–Crippen MR) is 35.3 cm³/mol. The van der Waals surface area contributed by atoms with E-state index in [1.807, 2.05) is 0 Å². The fourth-order valence-electron chi connectivity index (χ4n) is 1.22. The Kier molecular flexibility index (Phi) is 4.11. The maximum Gasteiger partial charge on any atom is 1.00 e. The molecule has 1 aromatic heterocycles. The number of nitrogens with zero attached hydrogens (tertiary/aromatic N) is 3. The van der Waals surface area contributed by atoms with Crippen LogP contribution in [0.4, 0.5) is 0 Å². The Morgan fingerprint density at radius 2 is 2.45 bits per heavy atom. The second kappa shape index (κ2) is 4.63. The molecule has 0 bridgehead atoms. The van der Waals surface area contributed by atoms with Crippen molar-refractivity contribution in [2.24, 2.45) is 0 Å². The zero-order valence-electron chi connectivity index (χ0n) is 7.54. The van der Waals surface area contributed by atoms with E-state index in [4.69, 9.17) is 0 Å². The summed E-state index contributed by atoms with van der Waals surface area (Å²) in [5, 5.41) is 17.0. The number of tetrazole rings is 1. The van der Waals surface area contributed by atoms with Crippen molar-refractivity contribution in [2.75, 3.05) is 6.54 Å². The van der Waals surface area contributed by atoms with Crippen molar-refractivity contribution < 1.29 is 52.8 Å². The molecule has 1 aromatic rings. The van der Waals surface area contributed by atoms with Gasteiger partial charge >= 0.3 is 51.4 Å². The predicted octanol–water partition coefficient (Wildman–Crippen LogP) is -3.26. The average molecular weight is 179 g/mol. The van der Waals surface area contributed by atoms with E-state index < -0.39 is 0 Å². The zero-order chi connectivity index (χ0) is 6.81. The van der Waals surface area contributed by atoms with E-state index in [9.17, 15) is 0 Å². The molecule has 1 atom stereocenters. The minimum atomic E-state index is 0. The van der Waals surface area contributed by atoms with Gasteiger partial charge in [0.1, 0.15) is 0 Å². The largest absolute Gasteiger partial charge is 1.00 e. The van der Waals surface area contributed by atoms with E-state index >= 15 is 0 Å². The molecule has 0 amide bonds. The van der Waals surface area contributed by atoms with Gasteiger partial charge in [0.05, 0.1) is 6.04 Å². The normalized spacial score (nSPS) is 23.1. The Morgan fingerprint density at radius 1 is 1.55 bits per heavy atom. The van der Waals surface area contributed by atoms with Crippen LogP contribution in [0, 0.1) is 0 Å². The van der Waals surface area contributed by atoms with Gasteiger partial charge in [-0.25, -0.2) is 0 Å². The number of nitrogens with one attached hydrogen (secondary N) is 2. The van der Waals surface area contributed by atoms with Gasteiger partial charge in [-0.1, -0.05) is 5.21 Å². The van der Waals surface area contributed by atoms with Gasteiger partial charge in [-0.2, -0.15) is 5.21 Å².